The molecule has 0 aliphatic carbocycles. The van der Waals surface area contributed by atoms with Gasteiger partial charge < -0.3 is 0 Å². The molecule has 4 nitrogen and oxygen atoms in total. The molecular formula is C12H18O4Zn. The number of rotatable bonds is 10. The number of ketones is 2. The zero-order chi connectivity index (χ0) is 13.3. The van der Waals surface area contributed by atoms with Gasteiger partial charge >= 0.3 is 109 Å². The monoisotopic (exact) mass is 290 g/mol. The number of Topliss-reactive ketones (excluding diaryl/α,β-unsaturated/α-hetero) is 2. The number of carbonyl (C=O) groups is 4. The van der Waals surface area contributed by atoms with Crippen LogP contribution in [0.4, 0.5) is 0 Å². The van der Waals surface area contributed by atoms with E-state index in [4.69, 9.17) is 0 Å². The summed E-state index contributed by atoms with van der Waals surface area (Å²) in [5, 5.41) is 0. The summed E-state index contributed by atoms with van der Waals surface area (Å²) in [7, 11) is 0. The molecule has 0 saturated heterocycles. The van der Waals surface area contributed by atoms with Crippen molar-refractivity contribution in [1.82, 2.24) is 0 Å². The second-order valence-electron chi connectivity index (χ2n) is 4.37. The number of hydrogen-bond donors (Lipinski definition) is 0. The summed E-state index contributed by atoms with van der Waals surface area (Å²) in [6.07, 6.45) is 2.73. The summed E-state index contributed by atoms with van der Waals surface area (Å²) < 4.78 is 0.151. The molecule has 0 atom stereocenters. The van der Waals surface area contributed by atoms with Gasteiger partial charge in [0.05, 0.1) is 0 Å². The minimum atomic E-state index is -1.77. The van der Waals surface area contributed by atoms with Crippen molar-refractivity contribution in [3.63, 3.8) is 0 Å². The summed E-state index contributed by atoms with van der Waals surface area (Å²) in [6.45, 7) is 3.00. The number of hydrogen-bond acceptors (Lipinski definition) is 4. The van der Waals surface area contributed by atoms with Gasteiger partial charge in [-0.3, -0.25) is 0 Å². The van der Waals surface area contributed by atoms with Crippen molar-refractivity contribution in [2.24, 2.45) is 0 Å². The molecule has 0 unspecified atom stereocenters. The van der Waals surface area contributed by atoms with E-state index < -0.39 is 17.1 Å². The Morgan fingerprint density at radius 3 is 1.35 bits per heavy atom. The quantitative estimate of drug-likeness (QED) is 0.574. The van der Waals surface area contributed by atoms with E-state index >= 15 is 0 Å². The molecule has 0 aromatic heterocycles. The molecule has 0 rings (SSSR count). The van der Waals surface area contributed by atoms with Crippen molar-refractivity contribution in [1.29, 1.82) is 0 Å². The topological polar surface area (TPSA) is 68.3 Å². The Morgan fingerprint density at radius 2 is 1.06 bits per heavy atom. The van der Waals surface area contributed by atoms with E-state index in [1.165, 1.54) is 13.8 Å². The predicted molar refractivity (Wildman–Crippen MR) is 59.1 cm³/mol. The molecule has 0 amide bonds. The summed E-state index contributed by atoms with van der Waals surface area (Å²) >= 11 is -1.77. The van der Waals surface area contributed by atoms with Gasteiger partial charge in [-0.2, -0.15) is 0 Å². The molecule has 0 fully saturated rings. The Kier molecular flexibility index (Phi) is 8.96. The van der Waals surface area contributed by atoms with Gasteiger partial charge in [-0.25, -0.2) is 0 Å². The van der Waals surface area contributed by atoms with Crippen molar-refractivity contribution >= 4 is 20.3 Å². The van der Waals surface area contributed by atoms with Crippen LogP contribution in [0.25, 0.3) is 0 Å². The van der Waals surface area contributed by atoms with Crippen molar-refractivity contribution in [3.05, 3.63) is 0 Å². The van der Waals surface area contributed by atoms with Gasteiger partial charge in [-0.1, -0.05) is 0 Å². The SMILES string of the molecule is CC(=O)CCC[C](=O)[Zn][C](=O)CCCC(C)=O. The molecule has 17 heavy (non-hydrogen) atoms. The first-order valence-electron chi connectivity index (χ1n) is 5.94. The van der Waals surface area contributed by atoms with Crippen LogP contribution >= 0.6 is 0 Å². The Bertz CT molecular complexity index is 280. The summed E-state index contributed by atoms with van der Waals surface area (Å²) in [5.41, 5.74) is 0. The first kappa shape index (κ1) is 16.3. The maximum atomic E-state index is 11.4. The van der Waals surface area contributed by atoms with Crippen molar-refractivity contribution in [3.8, 4) is 0 Å². The van der Waals surface area contributed by atoms with Gasteiger partial charge in [0, 0.05) is 0 Å². The Morgan fingerprint density at radius 1 is 0.706 bits per heavy atom. The first-order valence-corrected chi connectivity index (χ1v) is 8.90. The Hall–Kier alpha value is -0.697. The van der Waals surface area contributed by atoms with Crippen LogP contribution < -0.4 is 0 Å². The van der Waals surface area contributed by atoms with E-state index in [-0.39, 0.29) is 20.3 Å². The predicted octanol–water partition coefficient (Wildman–Crippen LogP) is 1.64. The molecule has 0 N–H and O–H groups in total. The molecule has 0 aromatic carbocycles. The number of carbonyl (C=O) groups excluding carboxylic acids is 4. The maximum absolute atomic E-state index is 11.4. The molecule has 0 heterocycles. The van der Waals surface area contributed by atoms with Gasteiger partial charge in [-0.15, -0.1) is 0 Å². The van der Waals surface area contributed by atoms with Crippen LogP contribution in [0, 0.1) is 0 Å². The first-order chi connectivity index (χ1) is 7.91. The van der Waals surface area contributed by atoms with Gasteiger partial charge in [0.2, 0.25) is 0 Å². The molecule has 0 aromatic rings. The fourth-order valence-corrected chi connectivity index (χ4v) is 4.18. The van der Waals surface area contributed by atoms with Crippen LogP contribution in [0.1, 0.15) is 52.4 Å². The summed E-state index contributed by atoms with van der Waals surface area (Å²) in [4.78, 5) is 44.1. The zero-order valence-corrected chi connectivity index (χ0v) is 13.5. The Labute approximate surface area is 109 Å². The van der Waals surface area contributed by atoms with E-state index in [1.54, 1.807) is 0 Å². The molecular weight excluding hydrogens is 274 g/mol. The van der Waals surface area contributed by atoms with Crippen LogP contribution in [-0.2, 0) is 36.3 Å². The summed E-state index contributed by atoms with van der Waals surface area (Å²) in [5.74, 6) is 0.163. The Balaban J connectivity index is 3.62. The molecule has 0 spiro atoms. The van der Waals surface area contributed by atoms with Gasteiger partial charge in [-0.05, 0) is 0 Å². The van der Waals surface area contributed by atoms with Gasteiger partial charge in [0.1, 0.15) is 0 Å². The molecule has 0 aliphatic rings. The van der Waals surface area contributed by atoms with E-state index in [9.17, 15) is 19.2 Å². The molecule has 5 heteroatoms. The van der Waals surface area contributed by atoms with Crippen LogP contribution in [0.2, 0.25) is 0 Å². The minimum absolute atomic E-state index is 0.0755. The third-order valence-electron chi connectivity index (χ3n) is 2.36. The molecule has 92 valence electrons. The van der Waals surface area contributed by atoms with Gasteiger partial charge in [0.15, 0.2) is 0 Å². The molecule has 0 saturated carbocycles. The zero-order valence-electron chi connectivity index (χ0n) is 10.6. The van der Waals surface area contributed by atoms with Gasteiger partial charge in [0.25, 0.3) is 0 Å². The third-order valence-corrected chi connectivity index (χ3v) is 5.50. The van der Waals surface area contributed by atoms with Crippen LogP contribution in [0.15, 0.2) is 0 Å². The van der Waals surface area contributed by atoms with Crippen molar-refractivity contribution in [2.75, 3.05) is 0 Å². The molecule has 0 radical (unpaired) electrons. The summed E-state index contributed by atoms with van der Waals surface area (Å²) in [6, 6.07) is 0. The standard InChI is InChI=1S/2C6H9O2.Zn/c2*1-6(8)4-2-3-5-7;/h2*2-4H2,1H3;. The average Bonchev–Trinajstić information content (AvgIpc) is 2.15. The molecule has 0 aliphatic heterocycles. The van der Waals surface area contributed by atoms with Crippen molar-refractivity contribution in [2.45, 2.75) is 52.4 Å². The van der Waals surface area contributed by atoms with Crippen LogP contribution in [0.3, 0.4) is 0 Å². The van der Waals surface area contributed by atoms with E-state index in [0.29, 0.717) is 38.5 Å². The van der Waals surface area contributed by atoms with Crippen LogP contribution in [-0.4, -0.2) is 20.3 Å². The van der Waals surface area contributed by atoms with E-state index in [1.807, 2.05) is 0 Å². The fourth-order valence-electron chi connectivity index (χ4n) is 1.47. The second kappa shape index (κ2) is 9.35. The van der Waals surface area contributed by atoms with E-state index in [2.05, 4.69) is 0 Å². The van der Waals surface area contributed by atoms with E-state index in [0.717, 1.165) is 0 Å². The normalized spacial score (nSPS) is 9.53. The third kappa shape index (κ3) is 11.6. The average molecular weight is 292 g/mol. The van der Waals surface area contributed by atoms with Crippen LogP contribution in [0.5, 0.6) is 0 Å². The molecule has 0 bridgehead atoms. The second-order valence-corrected chi connectivity index (χ2v) is 8.42. The van der Waals surface area contributed by atoms with Crippen molar-refractivity contribution < 1.29 is 36.3 Å². The fraction of sp³-hybridized carbons (Fsp3) is 0.667.